The van der Waals surface area contributed by atoms with E-state index in [4.69, 9.17) is 16.9 Å². The predicted octanol–water partition coefficient (Wildman–Crippen LogP) is 4.04. The van der Waals surface area contributed by atoms with Crippen molar-refractivity contribution in [3.63, 3.8) is 0 Å². The SMILES string of the molecule is CC(Sc1ccccc1Cl)C(=O)N1CCN(Cc2ccc(C#N)cc2)CC1. The van der Waals surface area contributed by atoms with Gasteiger partial charge in [-0.25, -0.2) is 0 Å². The summed E-state index contributed by atoms with van der Waals surface area (Å²) in [4.78, 5) is 18.0. The summed E-state index contributed by atoms with van der Waals surface area (Å²) in [6, 6.07) is 17.5. The Morgan fingerprint density at radius 2 is 1.81 bits per heavy atom. The van der Waals surface area contributed by atoms with Gasteiger partial charge >= 0.3 is 0 Å². The van der Waals surface area contributed by atoms with Crippen LogP contribution in [0, 0.1) is 11.3 Å². The second-order valence-corrected chi connectivity index (χ2v) is 8.39. The zero-order valence-corrected chi connectivity index (χ0v) is 16.8. The molecule has 1 fully saturated rings. The lowest BCUT2D eigenvalue weighted by atomic mass is 10.1. The number of amides is 1. The number of thioether (sulfide) groups is 1. The van der Waals surface area contributed by atoms with Crippen LogP contribution < -0.4 is 0 Å². The first-order chi connectivity index (χ1) is 13.1. The Balaban J connectivity index is 1.50. The molecule has 0 aliphatic carbocycles. The number of piperazine rings is 1. The molecular formula is C21H22ClN3OS. The van der Waals surface area contributed by atoms with E-state index in [-0.39, 0.29) is 11.2 Å². The number of nitrogens with zero attached hydrogens (tertiary/aromatic N) is 3. The smallest absolute Gasteiger partial charge is 0.235 e. The third kappa shape index (κ3) is 5.26. The molecule has 27 heavy (non-hydrogen) atoms. The van der Waals surface area contributed by atoms with Crippen LogP contribution in [0.1, 0.15) is 18.1 Å². The molecule has 0 saturated carbocycles. The van der Waals surface area contributed by atoms with E-state index in [2.05, 4.69) is 11.0 Å². The zero-order chi connectivity index (χ0) is 19.2. The number of halogens is 1. The van der Waals surface area contributed by atoms with E-state index in [0.29, 0.717) is 10.6 Å². The maximum Gasteiger partial charge on any atom is 0.235 e. The summed E-state index contributed by atoms with van der Waals surface area (Å²) < 4.78 is 0. The molecule has 0 radical (unpaired) electrons. The van der Waals surface area contributed by atoms with Crippen molar-refractivity contribution in [1.29, 1.82) is 5.26 Å². The molecule has 1 unspecified atom stereocenters. The van der Waals surface area contributed by atoms with E-state index in [1.165, 1.54) is 17.3 Å². The van der Waals surface area contributed by atoms with Crippen molar-refractivity contribution in [1.82, 2.24) is 9.80 Å². The van der Waals surface area contributed by atoms with Crippen molar-refractivity contribution < 1.29 is 4.79 Å². The lowest BCUT2D eigenvalue weighted by Gasteiger charge is -2.36. The molecule has 1 aliphatic rings. The molecule has 1 amide bonds. The molecule has 1 aliphatic heterocycles. The average Bonchev–Trinajstić information content (AvgIpc) is 2.70. The van der Waals surface area contributed by atoms with E-state index in [1.54, 1.807) is 0 Å². The molecule has 1 heterocycles. The third-order valence-corrected chi connectivity index (χ3v) is 6.27. The topological polar surface area (TPSA) is 47.3 Å². The highest BCUT2D eigenvalue weighted by Gasteiger charge is 2.25. The van der Waals surface area contributed by atoms with E-state index in [9.17, 15) is 4.79 Å². The van der Waals surface area contributed by atoms with Gasteiger partial charge in [0.1, 0.15) is 0 Å². The van der Waals surface area contributed by atoms with Crippen LogP contribution in [-0.2, 0) is 11.3 Å². The fraction of sp³-hybridized carbons (Fsp3) is 0.333. The second-order valence-electron chi connectivity index (χ2n) is 6.60. The first-order valence-corrected chi connectivity index (χ1v) is 10.2. The van der Waals surface area contributed by atoms with E-state index in [0.717, 1.165) is 37.6 Å². The average molecular weight is 400 g/mol. The Hall–Kier alpha value is -2.00. The van der Waals surface area contributed by atoms with Gasteiger partial charge in [0.15, 0.2) is 0 Å². The van der Waals surface area contributed by atoms with Crippen LogP contribution in [-0.4, -0.2) is 47.1 Å². The van der Waals surface area contributed by atoms with Crippen molar-refractivity contribution >= 4 is 29.3 Å². The number of benzene rings is 2. The molecule has 140 valence electrons. The first-order valence-electron chi connectivity index (χ1n) is 8.98. The van der Waals surface area contributed by atoms with Crippen molar-refractivity contribution in [2.24, 2.45) is 0 Å². The highest BCUT2D eigenvalue weighted by atomic mass is 35.5. The minimum atomic E-state index is -0.157. The van der Waals surface area contributed by atoms with Crippen LogP contribution in [0.25, 0.3) is 0 Å². The summed E-state index contributed by atoms with van der Waals surface area (Å²) >= 11 is 7.72. The minimum absolute atomic E-state index is 0.157. The highest BCUT2D eigenvalue weighted by molar-refractivity contribution is 8.00. The predicted molar refractivity (Wildman–Crippen MR) is 110 cm³/mol. The van der Waals surface area contributed by atoms with E-state index >= 15 is 0 Å². The Bertz CT molecular complexity index is 826. The molecule has 6 heteroatoms. The number of hydrogen-bond acceptors (Lipinski definition) is 4. The molecule has 0 bridgehead atoms. The van der Waals surface area contributed by atoms with Gasteiger partial charge in [0.25, 0.3) is 0 Å². The third-order valence-electron chi connectivity index (χ3n) is 4.66. The van der Waals surface area contributed by atoms with Gasteiger partial charge in [-0.2, -0.15) is 5.26 Å². The summed E-state index contributed by atoms with van der Waals surface area (Å²) in [5.74, 6) is 0.165. The largest absolute Gasteiger partial charge is 0.339 e. The fourth-order valence-corrected chi connectivity index (χ4v) is 4.35. The molecular weight excluding hydrogens is 378 g/mol. The normalized spacial score (nSPS) is 16.0. The lowest BCUT2D eigenvalue weighted by Crippen LogP contribution is -2.50. The fourth-order valence-electron chi connectivity index (χ4n) is 3.11. The van der Waals surface area contributed by atoms with Gasteiger partial charge in [-0.15, -0.1) is 11.8 Å². The molecule has 4 nitrogen and oxygen atoms in total. The molecule has 1 saturated heterocycles. The number of nitriles is 1. The standard InChI is InChI=1S/C21H22ClN3OS/c1-16(27-20-5-3-2-4-19(20)22)21(26)25-12-10-24(11-13-25)15-18-8-6-17(14-23)7-9-18/h2-9,16H,10-13,15H2,1H3. The first kappa shape index (κ1) is 19.8. The van der Waals surface area contributed by atoms with Gasteiger partial charge in [-0.3, -0.25) is 9.69 Å². The highest BCUT2D eigenvalue weighted by Crippen LogP contribution is 2.30. The quantitative estimate of drug-likeness (QED) is 0.712. The summed E-state index contributed by atoms with van der Waals surface area (Å²) in [5.41, 5.74) is 1.87. The summed E-state index contributed by atoms with van der Waals surface area (Å²) in [6.45, 7) is 5.98. The summed E-state index contributed by atoms with van der Waals surface area (Å²) in [6.07, 6.45) is 0. The Labute approximate surface area is 169 Å². The lowest BCUT2D eigenvalue weighted by molar-refractivity contribution is -0.132. The van der Waals surface area contributed by atoms with Crippen LogP contribution >= 0.6 is 23.4 Å². The van der Waals surface area contributed by atoms with Gasteiger partial charge in [-0.05, 0) is 36.8 Å². The molecule has 1 atom stereocenters. The molecule has 0 aromatic heterocycles. The van der Waals surface area contributed by atoms with Crippen LogP contribution in [0.4, 0.5) is 0 Å². The van der Waals surface area contributed by atoms with E-state index in [1.807, 2.05) is 60.4 Å². The van der Waals surface area contributed by atoms with Crippen LogP contribution in [0.2, 0.25) is 5.02 Å². The minimum Gasteiger partial charge on any atom is -0.339 e. The monoisotopic (exact) mass is 399 g/mol. The summed E-state index contributed by atoms with van der Waals surface area (Å²) in [5, 5.41) is 9.41. The number of rotatable bonds is 5. The zero-order valence-electron chi connectivity index (χ0n) is 15.3. The van der Waals surface area contributed by atoms with Crippen LogP contribution in [0.15, 0.2) is 53.4 Å². The number of carbonyl (C=O) groups is 1. The Morgan fingerprint density at radius 1 is 1.15 bits per heavy atom. The molecule has 3 rings (SSSR count). The van der Waals surface area contributed by atoms with Gasteiger partial charge in [0, 0.05) is 37.6 Å². The van der Waals surface area contributed by atoms with Crippen LogP contribution in [0.3, 0.4) is 0 Å². The van der Waals surface area contributed by atoms with Gasteiger partial charge in [0.2, 0.25) is 5.91 Å². The molecule has 0 spiro atoms. The maximum atomic E-state index is 12.8. The van der Waals surface area contributed by atoms with Gasteiger partial charge in [-0.1, -0.05) is 35.9 Å². The van der Waals surface area contributed by atoms with Crippen molar-refractivity contribution in [3.05, 3.63) is 64.7 Å². The number of carbonyl (C=O) groups excluding carboxylic acids is 1. The number of hydrogen-bond donors (Lipinski definition) is 0. The van der Waals surface area contributed by atoms with Gasteiger partial charge < -0.3 is 4.90 Å². The van der Waals surface area contributed by atoms with Crippen LogP contribution in [0.5, 0.6) is 0 Å². The molecule has 2 aromatic rings. The van der Waals surface area contributed by atoms with Crippen molar-refractivity contribution in [3.8, 4) is 6.07 Å². The Morgan fingerprint density at radius 3 is 2.44 bits per heavy atom. The van der Waals surface area contributed by atoms with Crippen molar-refractivity contribution in [2.75, 3.05) is 26.2 Å². The van der Waals surface area contributed by atoms with E-state index < -0.39 is 0 Å². The second kappa shape index (κ2) is 9.27. The molecule has 2 aromatic carbocycles. The molecule has 0 N–H and O–H groups in total. The maximum absolute atomic E-state index is 12.8. The summed E-state index contributed by atoms with van der Waals surface area (Å²) in [7, 11) is 0. The van der Waals surface area contributed by atoms with Crippen molar-refractivity contribution in [2.45, 2.75) is 23.6 Å². The Kier molecular flexibility index (Phi) is 6.78. The van der Waals surface area contributed by atoms with Gasteiger partial charge in [0.05, 0.1) is 21.9 Å².